The Kier molecular flexibility index (Phi) is 4.54. The molecule has 2 aliphatic heterocycles. The zero-order valence-electron chi connectivity index (χ0n) is 13.2. The minimum absolute atomic E-state index is 0.229. The van der Waals surface area contributed by atoms with Crippen molar-refractivity contribution in [2.75, 3.05) is 39.9 Å². The zero-order valence-corrected chi connectivity index (χ0v) is 14.0. The normalized spacial score (nSPS) is 28.3. The van der Waals surface area contributed by atoms with Gasteiger partial charge < -0.3 is 4.74 Å². The van der Waals surface area contributed by atoms with Gasteiger partial charge in [-0.3, -0.25) is 9.58 Å². The molecule has 0 bridgehead atoms. The van der Waals surface area contributed by atoms with Crippen molar-refractivity contribution in [2.24, 2.45) is 5.92 Å². The van der Waals surface area contributed by atoms with Gasteiger partial charge in [0.15, 0.2) is 0 Å². The molecule has 3 rings (SSSR count). The summed E-state index contributed by atoms with van der Waals surface area (Å²) in [6.45, 7) is 6.00. The summed E-state index contributed by atoms with van der Waals surface area (Å²) < 4.78 is 34.5. The molecule has 3 heterocycles. The Labute approximate surface area is 131 Å². The molecule has 0 aliphatic carbocycles. The van der Waals surface area contributed by atoms with Gasteiger partial charge in [-0.1, -0.05) is 0 Å². The number of aryl methyl sites for hydroxylation is 1. The van der Waals surface area contributed by atoms with Crippen molar-refractivity contribution in [3.05, 3.63) is 12.4 Å². The van der Waals surface area contributed by atoms with Gasteiger partial charge in [0.25, 0.3) is 0 Å². The summed E-state index contributed by atoms with van der Waals surface area (Å²) in [6, 6.07) is 0.229. The van der Waals surface area contributed by atoms with E-state index in [0.29, 0.717) is 30.4 Å². The van der Waals surface area contributed by atoms with Crippen LogP contribution in [0.15, 0.2) is 17.3 Å². The molecule has 2 atom stereocenters. The van der Waals surface area contributed by atoms with E-state index in [4.69, 9.17) is 4.74 Å². The van der Waals surface area contributed by atoms with Gasteiger partial charge in [0.05, 0.1) is 19.4 Å². The first-order valence-electron chi connectivity index (χ1n) is 7.83. The second-order valence-corrected chi connectivity index (χ2v) is 8.00. The van der Waals surface area contributed by atoms with Crippen LogP contribution in [0, 0.1) is 5.92 Å². The number of fused-ring (bicyclic) bond motifs is 1. The van der Waals surface area contributed by atoms with Crippen molar-refractivity contribution in [2.45, 2.75) is 30.8 Å². The number of sulfonamides is 1. The number of aromatic nitrogens is 2. The van der Waals surface area contributed by atoms with E-state index in [1.807, 2.05) is 6.92 Å². The van der Waals surface area contributed by atoms with Crippen LogP contribution in [0.5, 0.6) is 0 Å². The van der Waals surface area contributed by atoms with Crippen LogP contribution in [-0.2, 0) is 21.3 Å². The lowest BCUT2D eigenvalue weighted by atomic mass is 9.93. The van der Waals surface area contributed by atoms with Gasteiger partial charge in [-0.2, -0.15) is 9.40 Å². The van der Waals surface area contributed by atoms with Gasteiger partial charge in [-0.15, -0.1) is 0 Å². The Morgan fingerprint density at radius 1 is 1.41 bits per heavy atom. The Morgan fingerprint density at radius 2 is 2.23 bits per heavy atom. The van der Waals surface area contributed by atoms with Crippen LogP contribution in [0.4, 0.5) is 0 Å². The van der Waals surface area contributed by atoms with Crippen LogP contribution in [0.3, 0.4) is 0 Å². The summed E-state index contributed by atoms with van der Waals surface area (Å²) >= 11 is 0. The lowest BCUT2D eigenvalue weighted by molar-refractivity contribution is 0.0859. The van der Waals surface area contributed by atoms with E-state index in [9.17, 15) is 8.42 Å². The van der Waals surface area contributed by atoms with Crippen molar-refractivity contribution in [3.8, 4) is 0 Å². The number of hydrogen-bond acceptors (Lipinski definition) is 5. The third kappa shape index (κ3) is 2.92. The molecular formula is C14H24N4O3S. The number of ether oxygens (including phenoxy) is 1. The monoisotopic (exact) mass is 328 g/mol. The zero-order chi connectivity index (χ0) is 15.7. The number of rotatable bonds is 3. The van der Waals surface area contributed by atoms with Crippen molar-refractivity contribution in [3.63, 3.8) is 0 Å². The van der Waals surface area contributed by atoms with Crippen LogP contribution in [0.2, 0.25) is 0 Å². The van der Waals surface area contributed by atoms with Crippen molar-refractivity contribution >= 4 is 10.0 Å². The first kappa shape index (κ1) is 15.9. The highest BCUT2D eigenvalue weighted by atomic mass is 32.2. The molecule has 7 nitrogen and oxygen atoms in total. The van der Waals surface area contributed by atoms with E-state index in [1.54, 1.807) is 15.2 Å². The minimum atomic E-state index is -3.45. The average molecular weight is 328 g/mol. The molecule has 2 fully saturated rings. The third-order valence-electron chi connectivity index (χ3n) is 4.74. The van der Waals surface area contributed by atoms with E-state index in [0.717, 1.165) is 26.2 Å². The average Bonchev–Trinajstić information content (AvgIpc) is 2.93. The molecular weight excluding hydrogens is 304 g/mol. The second kappa shape index (κ2) is 6.27. The van der Waals surface area contributed by atoms with Gasteiger partial charge >= 0.3 is 0 Å². The van der Waals surface area contributed by atoms with Gasteiger partial charge in [0, 0.05) is 44.3 Å². The quantitative estimate of drug-likeness (QED) is 0.795. The van der Waals surface area contributed by atoms with E-state index < -0.39 is 10.0 Å². The number of likely N-dealkylation sites (N-methyl/N-ethyl adjacent to an activating group) is 1. The molecule has 0 amide bonds. The second-order valence-electron chi connectivity index (χ2n) is 6.07. The molecule has 22 heavy (non-hydrogen) atoms. The molecule has 1 aromatic heterocycles. The SMILES string of the molecule is CCn1cc(S(=O)(=O)N2CC[C@@H]3COCCN(C)[C@@H]3C2)cn1. The van der Waals surface area contributed by atoms with E-state index >= 15 is 0 Å². The highest BCUT2D eigenvalue weighted by molar-refractivity contribution is 7.89. The standard InChI is InChI=1S/C14H24N4O3S/c1-3-17-9-13(8-15-17)22(19,20)18-5-4-12-11-21-7-6-16(2)14(12)10-18/h8-9,12,14H,3-7,10-11H2,1-2H3/t12-,14-/m1/s1. The molecule has 0 spiro atoms. The maximum absolute atomic E-state index is 12.8. The van der Waals surface area contributed by atoms with E-state index in [2.05, 4.69) is 17.0 Å². The Bertz CT molecular complexity index is 615. The number of nitrogens with zero attached hydrogens (tertiary/aromatic N) is 4. The maximum Gasteiger partial charge on any atom is 0.246 e. The predicted molar refractivity (Wildman–Crippen MR) is 82.0 cm³/mol. The number of piperidine rings is 1. The Morgan fingerprint density at radius 3 is 2.95 bits per heavy atom. The highest BCUT2D eigenvalue weighted by Crippen LogP contribution is 2.28. The lowest BCUT2D eigenvalue weighted by Gasteiger charge is -2.40. The largest absolute Gasteiger partial charge is 0.380 e. The van der Waals surface area contributed by atoms with Gasteiger partial charge in [-0.05, 0) is 20.4 Å². The van der Waals surface area contributed by atoms with Gasteiger partial charge in [0.2, 0.25) is 10.0 Å². The summed E-state index contributed by atoms with van der Waals surface area (Å²) in [5.74, 6) is 0.414. The Balaban J connectivity index is 1.80. The summed E-state index contributed by atoms with van der Waals surface area (Å²) in [5, 5.41) is 4.09. The molecule has 1 aromatic rings. The molecule has 0 aromatic carbocycles. The van der Waals surface area contributed by atoms with Gasteiger partial charge in [0.1, 0.15) is 4.90 Å². The molecule has 0 N–H and O–H groups in total. The summed E-state index contributed by atoms with van der Waals surface area (Å²) in [6.07, 6.45) is 3.91. The van der Waals surface area contributed by atoms with Gasteiger partial charge in [-0.25, -0.2) is 8.42 Å². The van der Waals surface area contributed by atoms with Crippen molar-refractivity contribution in [1.82, 2.24) is 19.0 Å². The van der Waals surface area contributed by atoms with E-state index in [-0.39, 0.29) is 6.04 Å². The molecule has 0 saturated carbocycles. The summed E-state index contributed by atoms with van der Waals surface area (Å²) in [7, 11) is -1.40. The predicted octanol–water partition coefficient (Wildman–Crippen LogP) is 0.244. The fourth-order valence-corrected chi connectivity index (χ4v) is 4.70. The molecule has 124 valence electrons. The molecule has 8 heteroatoms. The minimum Gasteiger partial charge on any atom is -0.380 e. The highest BCUT2D eigenvalue weighted by Gasteiger charge is 2.38. The maximum atomic E-state index is 12.8. The van der Waals surface area contributed by atoms with Crippen LogP contribution >= 0.6 is 0 Å². The van der Waals surface area contributed by atoms with Crippen LogP contribution in [-0.4, -0.2) is 73.3 Å². The molecule has 0 unspecified atom stereocenters. The first-order valence-corrected chi connectivity index (χ1v) is 9.27. The van der Waals surface area contributed by atoms with E-state index in [1.165, 1.54) is 6.20 Å². The molecule has 0 radical (unpaired) electrons. The third-order valence-corrected chi connectivity index (χ3v) is 6.56. The smallest absolute Gasteiger partial charge is 0.246 e. The van der Waals surface area contributed by atoms with Crippen LogP contribution < -0.4 is 0 Å². The topological polar surface area (TPSA) is 67.7 Å². The van der Waals surface area contributed by atoms with Crippen molar-refractivity contribution < 1.29 is 13.2 Å². The first-order chi connectivity index (χ1) is 10.5. The van der Waals surface area contributed by atoms with Crippen LogP contribution in [0.25, 0.3) is 0 Å². The fraction of sp³-hybridized carbons (Fsp3) is 0.786. The Hall–Kier alpha value is -0.960. The molecule has 2 saturated heterocycles. The van der Waals surface area contributed by atoms with Crippen molar-refractivity contribution in [1.29, 1.82) is 0 Å². The summed E-state index contributed by atoms with van der Waals surface area (Å²) in [5.41, 5.74) is 0. The lowest BCUT2D eigenvalue weighted by Crippen LogP contribution is -2.53. The molecule has 2 aliphatic rings. The summed E-state index contributed by atoms with van der Waals surface area (Å²) in [4.78, 5) is 2.52. The van der Waals surface area contributed by atoms with Crippen LogP contribution in [0.1, 0.15) is 13.3 Å². The number of hydrogen-bond donors (Lipinski definition) is 0. The fourth-order valence-electron chi connectivity index (χ4n) is 3.27.